The predicted molar refractivity (Wildman–Crippen MR) is 81.8 cm³/mol. The van der Waals surface area contributed by atoms with Crippen LogP contribution in [0.15, 0.2) is 21.9 Å². The van der Waals surface area contributed by atoms with Gasteiger partial charge < -0.3 is 10.2 Å². The van der Waals surface area contributed by atoms with Crippen molar-refractivity contribution in [3.8, 4) is 10.8 Å². The van der Waals surface area contributed by atoms with Gasteiger partial charge in [0.15, 0.2) is 0 Å². The molecule has 0 aromatic carbocycles. The summed E-state index contributed by atoms with van der Waals surface area (Å²) >= 11 is 1.61. The summed E-state index contributed by atoms with van der Waals surface area (Å²) < 4.78 is 5.75. The topological polar surface area (TPSA) is 72.4 Å². The first kappa shape index (κ1) is 14.3. The molecule has 1 aliphatic rings. The molecule has 1 aliphatic heterocycles. The Balaban J connectivity index is 1.79. The van der Waals surface area contributed by atoms with Gasteiger partial charge in [-0.2, -0.15) is 0 Å². The summed E-state index contributed by atoms with van der Waals surface area (Å²) in [5, 5.41) is 2.00. The lowest BCUT2D eigenvalue weighted by atomic mass is 10.0. The van der Waals surface area contributed by atoms with E-state index >= 15 is 0 Å². The van der Waals surface area contributed by atoms with Crippen molar-refractivity contribution >= 4 is 17.2 Å². The third-order valence-electron chi connectivity index (χ3n) is 3.92. The van der Waals surface area contributed by atoms with Crippen molar-refractivity contribution in [2.75, 3.05) is 6.54 Å². The van der Waals surface area contributed by atoms with Crippen molar-refractivity contribution < 1.29 is 9.21 Å². The van der Waals surface area contributed by atoms with Gasteiger partial charge in [0.2, 0.25) is 11.8 Å². The Labute approximate surface area is 127 Å². The van der Waals surface area contributed by atoms with Gasteiger partial charge in [0, 0.05) is 6.54 Å². The first-order valence-electron chi connectivity index (χ1n) is 7.18. The van der Waals surface area contributed by atoms with E-state index in [-0.39, 0.29) is 11.9 Å². The molecule has 0 unspecified atom stereocenters. The second kappa shape index (κ2) is 5.99. The van der Waals surface area contributed by atoms with Crippen molar-refractivity contribution in [3.05, 3.63) is 29.0 Å². The number of piperidine rings is 1. The maximum absolute atomic E-state index is 11.6. The highest BCUT2D eigenvalue weighted by Gasteiger charge is 2.28. The number of primary amides is 1. The molecule has 2 N–H and O–H groups in total. The van der Waals surface area contributed by atoms with Crippen molar-refractivity contribution in [2.24, 2.45) is 5.73 Å². The molecular formula is C15H19N3O2S. The molecule has 1 fully saturated rings. The number of likely N-dealkylation sites (tertiary alicyclic amines) is 1. The number of aromatic nitrogens is 1. The zero-order chi connectivity index (χ0) is 14.8. The summed E-state index contributed by atoms with van der Waals surface area (Å²) in [7, 11) is 0. The Kier molecular flexibility index (Phi) is 4.07. The van der Waals surface area contributed by atoms with Gasteiger partial charge in [0.05, 0.1) is 16.6 Å². The number of rotatable bonds is 4. The van der Waals surface area contributed by atoms with Gasteiger partial charge in [0.25, 0.3) is 0 Å². The molecule has 6 heteroatoms. The van der Waals surface area contributed by atoms with Gasteiger partial charge in [-0.15, -0.1) is 11.3 Å². The van der Waals surface area contributed by atoms with E-state index in [0.29, 0.717) is 12.4 Å². The number of carbonyl (C=O) groups excluding carboxylic acids is 1. The van der Waals surface area contributed by atoms with E-state index in [0.717, 1.165) is 42.1 Å². The van der Waals surface area contributed by atoms with Gasteiger partial charge in [-0.05, 0) is 37.8 Å². The zero-order valence-corrected chi connectivity index (χ0v) is 12.9. The van der Waals surface area contributed by atoms with Crippen LogP contribution in [-0.2, 0) is 11.3 Å². The Bertz CT molecular complexity index is 621. The average molecular weight is 305 g/mol. The third-order valence-corrected chi connectivity index (χ3v) is 4.78. The molecule has 21 heavy (non-hydrogen) atoms. The van der Waals surface area contributed by atoms with Crippen LogP contribution < -0.4 is 5.73 Å². The summed E-state index contributed by atoms with van der Waals surface area (Å²) in [4.78, 5) is 19.3. The van der Waals surface area contributed by atoms with Crippen molar-refractivity contribution in [2.45, 2.75) is 38.8 Å². The number of nitrogens with two attached hydrogens (primary N) is 1. The molecule has 0 saturated carbocycles. The molecule has 0 radical (unpaired) electrons. The first-order chi connectivity index (χ1) is 10.1. The fourth-order valence-corrected chi connectivity index (χ4v) is 3.42. The summed E-state index contributed by atoms with van der Waals surface area (Å²) in [6.07, 6.45) is 2.99. The van der Waals surface area contributed by atoms with Crippen LogP contribution in [0.5, 0.6) is 0 Å². The lowest BCUT2D eigenvalue weighted by Gasteiger charge is -2.32. The maximum Gasteiger partial charge on any atom is 0.236 e. The number of aryl methyl sites for hydroxylation is 1. The van der Waals surface area contributed by atoms with E-state index in [2.05, 4.69) is 9.88 Å². The largest absolute Gasteiger partial charge is 0.440 e. The number of hydrogen-bond acceptors (Lipinski definition) is 5. The average Bonchev–Trinajstić information content (AvgIpc) is 3.10. The van der Waals surface area contributed by atoms with E-state index < -0.39 is 0 Å². The fourth-order valence-electron chi connectivity index (χ4n) is 2.78. The lowest BCUT2D eigenvalue weighted by Crippen LogP contribution is -2.47. The summed E-state index contributed by atoms with van der Waals surface area (Å²) in [6.45, 7) is 3.42. The van der Waals surface area contributed by atoms with E-state index in [9.17, 15) is 4.79 Å². The molecule has 1 saturated heterocycles. The van der Waals surface area contributed by atoms with E-state index in [1.54, 1.807) is 11.3 Å². The SMILES string of the molecule is Cc1oc(-c2cccs2)nc1CN1CCCC[C@H]1C(N)=O. The van der Waals surface area contributed by atoms with Gasteiger partial charge in [0.1, 0.15) is 5.76 Å². The molecule has 0 bridgehead atoms. The van der Waals surface area contributed by atoms with E-state index in [1.807, 2.05) is 24.4 Å². The highest BCUT2D eigenvalue weighted by Crippen LogP contribution is 2.27. The van der Waals surface area contributed by atoms with Crippen LogP contribution in [0.4, 0.5) is 0 Å². The van der Waals surface area contributed by atoms with Crippen LogP contribution in [0.25, 0.3) is 10.8 Å². The number of hydrogen-bond donors (Lipinski definition) is 1. The minimum atomic E-state index is -0.241. The molecular weight excluding hydrogens is 286 g/mol. The lowest BCUT2D eigenvalue weighted by molar-refractivity contribution is -0.124. The van der Waals surface area contributed by atoms with Gasteiger partial charge in [-0.1, -0.05) is 12.5 Å². The molecule has 112 valence electrons. The number of carbonyl (C=O) groups is 1. The first-order valence-corrected chi connectivity index (χ1v) is 8.06. The molecule has 5 nitrogen and oxygen atoms in total. The van der Waals surface area contributed by atoms with Crippen LogP contribution >= 0.6 is 11.3 Å². The quantitative estimate of drug-likeness (QED) is 0.942. The Hall–Kier alpha value is -1.66. The Morgan fingerprint density at radius 2 is 2.43 bits per heavy atom. The van der Waals surface area contributed by atoms with Crippen molar-refractivity contribution in [1.82, 2.24) is 9.88 Å². The number of nitrogens with zero attached hydrogens (tertiary/aromatic N) is 2. The number of oxazole rings is 1. The molecule has 0 aliphatic carbocycles. The molecule has 1 atom stereocenters. The highest BCUT2D eigenvalue weighted by atomic mass is 32.1. The van der Waals surface area contributed by atoms with Crippen molar-refractivity contribution in [1.29, 1.82) is 0 Å². The van der Waals surface area contributed by atoms with Crippen LogP contribution in [0, 0.1) is 6.92 Å². The van der Waals surface area contributed by atoms with Crippen LogP contribution in [-0.4, -0.2) is 28.4 Å². The van der Waals surface area contributed by atoms with E-state index in [4.69, 9.17) is 10.2 Å². The maximum atomic E-state index is 11.6. The van der Waals surface area contributed by atoms with Crippen LogP contribution in [0.3, 0.4) is 0 Å². The summed E-state index contributed by atoms with van der Waals surface area (Å²) in [5.74, 6) is 1.23. The smallest absolute Gasteiger partial charge is 0.236 e. The monoisotopic (exact) mass is 305 g/mol. The van der Waals surface area contributed by atoms with Gasteiger partial charge >= 0.3 is 0 Å². The van der Waals surface area contributed by atoms with Crippen LogP contribution in [0.2, 0.25) is 0 Å². The number of amides is 1. The minimum Gasteiger partial charge on any atom is -0.440 e. The molecule has 1 amide bonds. The van der Waals surface area contributed by atoms with E-state index in [1.165, 1.54) is 0 Å². The molecule has 3 heterocycles. The minimum absolute atomic E-state index is 0.181. The Morgan fingerprint density at radius 3 is 3.14 bits per heavy atom. The fraction of sp³-hybridized carbons (Fsp3) is 0.467. The standard InChI is InChI=1S/C15H19N3O2S/c1-10-11(17-15(20-10)13-6-4-8-21-13)9-18-7-3-2-5-12(18)14(16)19/h4,6,8,12H,2-3,5,7,9H2,1H3,(H2,16,19)/t12-/m0/s1. The third kappa shape index (κ3) is 3.01. The highest BCUT2D eigenvalue weighted by molar-refractivity contribution is 7.13. The summed E-state index contributed by atoms with van der Waals surface area (Å²) in [6, 6.07) is 3.79. The second-order valence-corrected chi connectivity index (χ2v) is 6.33. The Morgan fingerprint density at radius 1 is 1.57 bits per heavy atom. The molecule has 2 aromatic rings. The summed E-state index contributed by atoms with van der Waals surface area (Å²) in [5.41, 5.74) is 6.40. The van der Waals surface area contributed by atoms with Crippen molar-refractivity contribution in [3.63, 3.8) is 0 Å². The molecule has 2 aromatic heterocycles. The molecule has 0 spiro atoms. The zero-order valence-electron chi connectivity index (χ0n) is 12.0. The predicted octanol–water partition coefficient (Wildman–Crippen LogP) is 2.55. The molecule has 3 rings (SSSR count). The van der Waals surface area contributed by atoms with Gasteiger partial charge in [-0.25, -0.2) is 4.98 Å². The number of thiophene rings is 1. The second-order valence-electron chi connectivity index (χ2n) is 5.38. The normalized spacial score (nSPS) is 19.8. The van der Waals surface area contributed by atoms with Crippen LogP contribution in [0.1, 0.15) is 30.7 Å². The van der Waals surface area contributed by atoms with Gasteiger partial charge in [-0.3, -0.25) is 9.69 Å².